The maximum Gasteiger partial charge on any atom is 0.0208 e. The lowest BCUT2D eigenvalue weighted by molar-refractivity contribution is 0.648. The van der Waals surface area contributed by atoms with Gasteiger partial charge in [-0.2, -0.15) is 0 Å². The molecule has 1 aromatic rings. The van der Waals surface area contributed by atoms with Gasteiger partial charge in [-0.1, -0.05) is 42.0 Å². The topological polar surface area (TPSA) is 12.0 Å². The lowest BCUT2D eigenvalue weighted by Gasteiger charge is -2.13. The molecule has 2 rings (SSSR count). The predicted molar refractivity (Wildman–Crippen MR) is 64.7 cm³/mol. The highest BCUT2D eigenvalue weighted by Gasteiger charge is 2.02. The Morgan fingerprint density at radius 1 is 1.00 bits per heavy atom. The van der Waals surface area contributed by atoms with Crippen molar-refractivity contribution in [1.29, 1.82) is 0 Å². The third-order valence-corrected chi connectivity index (χ3v) is 2.91. The highest BCUT2D eigenvalue weighted by Crippen LogP contribution is 2.16. The van der Waals surface area contributed by atoms with Crippen LogP contribution >= 0.6 is 0 Å². The van der Waals surface area contributed by atoms with Crippen molar-refractivity contribution >= 4 is 0 Å². The molecule has 0 radical (unpaired) electrons. The lowest BCUT2D eigenvalue weighted by atomic mass is 10.00. The first-order chi connectivity index (χ1) is 7.45. The number of allylic oxidation sites excluding steroid dienone is 1. The van der Waals surface area contributed by atoms with E-state index in [1.165, 1.54) is 31.2 Å². The third kappa shape index (κ3) is 3.52. The van der Waals surface area contributed by atoms with Gasteiger partial charge in [-0.3, -0.25) is 0 Å². The lowest BCUT2D eigenvalue weighted by Crippen LogP contribution is -2.17. The van der Waals surface area contributed by atoms with Crippen LogP contribution in [0.3, 0.4) is 0 Å². The van der Waals surface area contributed by atoms with Gasteiger partial charge in [0.2, 0.25) is 0 Å². The highest BCUT2D eigenvalue weighted by molar-refractivity contribution is 5.15. The van der Waals surface area contributed by atoms with Crippen LogP contribution in [0.5, 0.6) is 0 Å². The molecule has 1 aliphatic rings. The molecule has 1 aliphatic carbocycles. The molecule has 0 amide bonds. The first-order valence-electron chi connectivity index (χ1n) is 5.88. The zero-order valence-electron chi connectivity index (χ0n) is 9.21. The van der Waals surface area contributed by atoms with Gasteiger partial charge in [0.1, 0.15) is 0 Å². The SMILES string of the molecule is C1=C(CNCc2ccccc2)CCCC1. The number of benzene rings is 1. The maximum absolute atomic E-state index is 3.50. The molecule has 1 aromatic carbocycles. The van der Waals surface area contributed by atoms with Crippen molar-refractivity contribution in [1.82, 2.24) is 5.32 Å². The van der Waals surface area contributed by atoms with Gasteiger partial charge in [0, 0.05) is 13.1 Å². The quantitative estimate of drug-likeness (QED) is 0.737. The summed E-state index contributed by atoms with van der Waals surface area (Å²) in [4.78, 5) is 0. The molecule has 0 saturated carbocycles. The van der Waals surface area contributed by atoms with Crippen molar-refractivity contribution < 1.29 is 0 Å². The molecule has 1 heteroatoms. The molecule has 0 spiro atoms. The fourth-order valence-electron chi connectivity index (χ4n) is 2.03. The van der Waals surface area contributed by atoms with Gasteiger partial charge in [0.15, 0.2) is 0 Å². The van der Waals surface area contributed by atoms with Crippen LogP contribution in [0.1, 0.15) is 31.2 Å². The Bertz CT molecular complexity index is 313. The number of nitrogens with one attached hydrogen (secondary N) is 1. The van der Waals surface area contributed by atoms with Crippen molar-refractivity contribution in [2.24, 2.45) is 0 Å². The second-order valence-electron chi connectivity index (χ2n) is 4.20. The minimum absolute atomic E-state index is 0.984. The van der Waals surface area contributed by atoms with Gasteiger partial charge in [-0.05, 0) is 31.2 Å². The first kappa shape index (κ1) is 10.4. The summed E-state index contributed by atoms with van der Waals surface area (Å²) in [6.07, 6.45) is 7.73. The van der Waals surface area contributed by atoms with Crippen molar-refractivity contribution in [3.8, 4) is 0 Å². The normalized spacial score (nSPS) is 16.1. The monoisotopic (exact) mass is 201 g/mol. The largest absolute Gasteiger partial charge is 0.309 e. The van der Waals surface area contributed by atoms with Crippen LogP contribution in [-0.4, -0.2) is 6.54 Å². The van der Waals surface area contributed by atoms with Gasteiger partial charge in [-0.15, -0.1) is 0 Å². The molecule has 0 atom stereocenters. The van der Waals surface area contributed by atoms with E-state index < -0.39 is 0 Å². The van der Waals surface area contributed by atoms with Crippen LogP contribution in [0, 0.1) is 0 Å². The van der Waals surface area contributed by atoms with E-state index >= 15 is 0 Å². The molecule has 1 N–H and O–H groups in total. The van der Waals surface area contributed by atoms with Crippen molar-refractivity contribution in [2.75, 3.05) is 6.54 Å². The number of rotatable bonds is 4. The van der Waals surface area contributed by atoms with Gasteiger partial charge in [0.25, 0.3) is 0 Å². The average molecular weight is 201 g/mol. The summed E-state index contributed by atoms with van der Waals surface area (Å²) in [7, 11) is 0. The van der Waals surface area contributed by atoms with Crippen molar-refractivity contribution in [2.45, 2.75) is 32.2 Å². The van der Waals surface area contributed by atoms with Crippen LogP contribution in [0.25, 0.3) is 0 Å². The predicted octanol–water partition coefficient (Wildman–Crippen LogP) is 3.28. The van der Waals surface area contributed by atoms with E-state index in [1.54, 1.807) is 5.57 Å². The summed E-state index contributed by atoms with van der Waals surface area (Å²) >= 11 is 0. The summed E-state index contributed by atoms with van der Waals surface area (Å²) in [5.74, 6) is 0. The second kappa shape index (κ2) is 5.72. The Balaban J connectivity index is 1.73. The average Bonchev–Trinajstić information content (AvgIpc) is 2.32. The van der Waals surface area contributed by atoms with Crippen LogP contribution < -0.4 is 5.32 Å². The Morgan fingerprint density at radius 3 is 2.60 bits per heavy atom. The second-order valence-corrected chi connectivity index (χ2v) is 4.20. The molecule has 0 unspecified atom stereocenters. The number of hydrogen-bond donors (Lipinski definition) is 1. The molecule has 15 heavy (non-hydrogen) atoms. The molecule has 0 aliphatic heterocycles. The van der Waals surface area contributed by atoms with Crippen molar-refractivity contribution in [3.05, 3.63) is 47.5 Å². The van der Waals surface area contributed by atoms with E-state index in [4.69, 9.17) is 0 Å². The molecule has 0 saturated heterocycles. The van der Waals surface area contributed by atoms with Gasteiger partial charge in [-0.25, -0.2) is 0 Å². The van der Waals surface area contributed by atoms with Gasteiger partial charge >= 0.3 is 0 Å². The molecule has 0 bridgehead atoms. The summed E-state index contributed by atoms with van der Waals surface area (Å²) in [6.45, 7) is 2.05. The molecule has 80 valence electrons. The zero-order chi connectivity index (χ0) is 10.3. The van der Waals surface area contributed by atoms with E-state index in [1.807, 2.05) is 0 Å². The summed E-state index contributed by atoms with van der Waals surface area (Å²) in [6, 6.07) is 10.6. The fraction of sp³-hybridized carbons (Fsp3) is 0.429. The zero-order valence-corrected chi connectivity index (χ0v) is 9.21. The standard InChI is InChI=1S/C14H19N/c1-3-7-13(8-4-1)11-15-12-14-9-5-2-6-10-14/h1,3-4,7-9,15H,2,5-6,10-12H2. The molecule has 0 heterocycles. The van der Waals surface area contributed by atoms with E-state index in [0.717, 1.165) is 13.1 Å². The maximum atomic E-state index is 3.50. The Labute approximate surface area is 92.2 Å². The third-order valence-electron chi connectivity index (χ3n) is 2.91. The molecule has 0 fully saturated rings. The number of hydrogen-bond acceptors (Lipinski definition) is 1. The van der Waals surface area contributed by atoms with Crippen LogP contribution in [-0.2, 0) is 6.54 Å². The van der Waals surface area contributed by atoms with Crippen LogP contribution in [0.4, 0.5) is 0 Å². The van der Waals surface area contributed by atoms with E-state index in [0.29, 0.717) is 0 Å². The first-order valence-corrected chi connectivity index (χ1v) is 5.88. The van der Waals surface area contributed by atoms with Crippen molar-refractivity contribution in [3.63, 3.8) is 0 Å². The van der Waals surface area contributed by atoms with Crippen LogP contribution in [0.15, 0.2) is 42.0 Å². The van der Waals surface area contributed by atoms with E-state index in [9.17, 15) is 0 Å². The minimum Gasteiger partial charge on any atom is -0.309 e. The van der Waals surface area contributed by atoms with E-state index in [-0.39, 0.29) is 0 Å². The Morgan fingerprint density at radius 2 is 1.87 bits per heavy atom. The highest BCUT2D eigenvalue weighted by atomic mass is 14.8. The molecular formula is C14H19N. The fourth-order valence-corrected chi connectivity index (χ4v) is 2.03. The van der Waals surface area contributed by atoms with E-state index in [2.05, 4.69) is 41.7 Å². The summed E-state index contributed by atoms with van der Waals surface area (Å²) in [5, 5.41) is 3.50. The molecular weight excluding hydrogens is 182 g/mol. The Kier molecular flexibility index (Phi) is 3.98. The minimum atomic E-state index is 0.984. The molecule has 0 aromatic heterocycles. The summed E-state index contributed by atoms with van der Waals surface area (Å²) < 4.78 is 0. The Hall–Kier alpha value is -1.08. The van der Waals surface area contributed by atoms with Gasteiger partial charge < -0.3 is 5.32 Å². The van der Waals surface area contributed by atoms with Gasteiger partial charge in [0.05, 0.1) is 0 Å². The summed E-state index contributed by atoms with van der Waals surface area (Å²) in [5.41, 5.74) is 2.96. The van der Waals surface area contributed by atoms with Crippen LogP contribution in [0.2, 0.25) is 0 Å². The molecule has 1 nitrogen and oxygen atoms in total. The smallest absolute Gasteiger partial charge is 0.0208 e.